The molecule has 1 aromatic rings. The molecule has 0 spiro atoms. The van der Waals surface area contributed by atoms with Gasteiger partial charge in [-0.1, -0.05) is 23.7 Å². The number of carbonyl (C=O) groups is 1. The molecule has 118 valence electrons. The van der Waals surface area contributed by atoms with E-state index in [4.69, 9.17) is 26.6 Å². The smallest absolute Gasteiger partial charge is 0.339 e. The fourth-order valence-electron chi connectivity index (χ4n) is 1.53. The molecule has 0 amide bonds. The molecular formula is C13H17ClO7. The Labute approximate surface area is 126 Å². The average molecular weight is 321 g/mol. The Hall–Kier alpha value is -1.22. The lowest BCUT2D eigenvalue weighted by molar-refractivity contribution is -0.124. The van der Waals surface area contributed by atoms with Gasteiger partial charge in [0.2, 0.25) is 0 Å². The van der Waals surface area contributed by atoms with Gasteiger partial charge >= 0.3 is 5.97 Å². The summed E-state index contributed by atoms with van der Waals surface area (Å²) in [4.78, 5) is 11.7. The molecule has 0 radical (unpaired) electrons. The van der Waals surface area contributed by atoms with E-state index in [1.54, 1.807) is 12.1 Å². The van der Waals surface area contributed by atoms with Gasteiger partial charge in [0.25, 0.3) is 0 Å². The standard InChI is InChI=1S/C13H17ClO7/c14-8-4-2-1-3-7(8)13(20)21-6-10(17)12(19)11(18)9(16)5-15/h1-4,9-12,15-19H,5-6H2/t9-,10-,11-,12+/m1/s1. The molecule has 0 unspecified atom stereocenters. The second-order valence-corrected chi connectivity index (χ2v) is 4.78. The normalized spacial score (nSPS) is 16.9. The number of hydrogen-bond acceptors (Lipinski definition) is 7. The number of aliphatic hydroxyl groups is 5. The van der Waals surface area contributed by atoms with Gasteiger partial charge in [-0.15, -0.1) is 0 Å². The van der Waals surface area contributed by atoms with E-state index in [0.717, 1.165) is 0 Å². The zero-order chi connectivity index (χ0) is 16.0. The van der Waals surface area contributed by atoms with Crippen LogP contribution in [0.5, 0.6) is 0 Å². The predicted octanol–water partition coefficient (Wildman–Crippen LogP) is -1.07. The molecule has 5 N–H and O–H groups in total. The molecule has 8 heteroatoms. The summed E-state index contributed by atoms with van der Waals surface area (Å²) >= 11 is 5.79. The first-order valence-electron chi connectivity index (χ1n) is 6.13. The maximum absolute atomic E-state index is 11.7. The summed E-state index contributed by atoms with van der Waals surface area (Å²) < 4.78 is 4.77. The number of halogens is 1. The molecule has 21 heavy (non-hydrogen) atoms. The van der Waals surface area contributed by atoms with Crippen LogP contribution in [-0.4, -0.2) is 69.1 Å². The van der Waals surface area contributed by atoms with Crippen molar-refractivity contribution in [2.45, 2.75) is 24.4 Å². The summed E-state index contributed by atoms with van der Waals surface area (Å²) in [6.07, 6.45) is -6.81. The second kappa shape index (κ2) is 8.28. The number of aliphatic hydroxyl groups excluding tert-OH is 5. The average Bonchev–Trinajstić information content (AvgIpc) is 2.50. The Bertz CT molecular complexity index is 468. The Balaban J connectivity index is 2.55. The molecule has 1 rings (SSSR count). The maximum Gasteiger partial charge on any atom is 0.339 e. The van der Waals surface area contributed by atoms with Crippen LogP contribution in [0.3, 0.4) is 0 Å². The molecule has 0 aromatic heterocycles. The first-order chi connectivity index (χ1) is 9.88. The molecule has 0 fully saturated rings. The first-order valence-corrected chi connectivity index (χ1v) is 6.51. The largest absolute Gasteiger partial charge is 0.459 e. The fourth-order valence-corrected chi connectivity index (χ4v) is 1.74. The number of ether oxygens (including phenoxy) is 1. The van der Waals surface area contributed by atoms with Gasteiger partial charge in [-0.2, -0.15) is 0 Å². The minimum Gasteiger partial charge on any atom is -0.459 e. The molecular weight excluding hydrogens is 304 g/mol. The summed E-state index contributed by atoms with van der Waals surface area (Å²) in [5, 5.41) is 46.5. The van der Waals surface area contributed by atoms with Crippen LogP contribution < -0.4 is 0 Å². The highest BCUT2D eigenvalue weighted by atomic mass is 35.5. The number of esters is 1. The van der Waals surface area contributed by atoms with Gasteiger partial charge in [-0.05, 0) is 12.1 Å². The molecule has 0 aliphatic carbocycles. The van der Waals surface area contributed by atoms with Gasteiger partial charge in [-0.25, -0.2) is 4.79 Å². The molecule has 0 aliphatic heterocycles. The minimum absolute atomic E-state index is 0.0943. The third-order valence-corrected chi connectivity index (χ3v) is 3.13. The lowest BCUT2D eigenvalue weighted by Gasteiger charge is -2.25. The molecule has 0 saturated heterocycles. The van der Waals surface area contributed by atoms with Gasteiger partial charge in [0.15, 0.2) is 0 Å². The lowest BCUT2D eigenvalue weighted by atomic mass is 10.0. The van der Waals surface area contributed by atoms with Crippen molar-refractivity contribution in [3.8, 4) is 0 Å². The second-order valence-electron chi connectivity index (χ2n) is 4.38. The third-order valence-electron chi connectivity index (χ3n) is 2.80. The summed E-state index contributed by atoms with van der Waals surface area (Å²) in [6.45, 7) is -1.40. The molecule has 4 atom stereocenters. The summed E-state index contributed by atoms with van der Waals surface area (Å²) in [6, 6.07) is 6.13. The van der Waals surface area contributed by atoms with Crippen LogP contribution in [0.2, 0.25) is 5.02 Å². The molecule has 1 aromatic carbocycles. The van der Waals surface area contributed by atoms with Crippen LogP contribution in [0.1, 0.15) is 10.4 Å². The number of benzene rings is 1. The molecule has 0 saturated carbocycles. The Morgan fingerprint density at radius 3 is 2.24 bits per heavy atom. The maximum atomic E-state index is 11.7. The van der Waals surface area contributed by atoms with Crippen LogP contribution in [0, 0.1) is 0 Å². The summed E-state index contributed by atoms with van der Waals surface area (Å²) in [5.41, 5.74) is 0.0943. The van der Waals surface area contributed by atoms with Crippen molar-refractivity contribution in [2.24, 2.45) is 0 Å². The quantitative estimate of drug-likeness (QED) is 0.405. The van der Waals surface area contributed by atoms with Crippen molar-refractivity contribution in [2.75, 3.05) is 13.2 Å². The Kier molecular flexibility index (Phi) is 7.03. The van der Waals surface area contributed by atoms with E-state index in [9.17, 15) is 20.1 Å². The highest BCUT2D eigenvalue weighted by Crippen LogP contribution is 2.16. The van der Waals surface area contributed by atoms with E-state index in [-0.39, 0.29) is 10.6 Å². The van der Waals surface area contributed by atoms with Gasteiger partial charge in [0.1, 0.15) is 31.0 Å². The van der Waals surface area contributed by atoms with Gasteiger partial charge < -0.3 is 30.3 Å². The summed E-state index contributed by atoms with van der Waals surface area (Å²) in [7, 11) is 0. The van der Waals surface area contributed by atoms with Crippen LogP contribution in [0.4, 0.5) is 0 Å². The molecule has 7 nitrogen and oxygen atoms in total. The van der Waals surface area contributed by atoms with Crippen LogP contribution in [-0.2, 0) is 4.74 Å². The Morgan fingerprint density at radius 1 is 1.10 bits per heavy atom. The van der Waals surface area contributed by atoms with E-state index in [1.165, 1.54) is 12.1 Å². The van der Waals surface area contributed by atoms with Crippen molar-refractivity contribution >= 4 is 17.6 Å². The molecule has 0 bridgehead atoms. The summed E-state index contributed by atoms with van der Waals surface area (Å²) in [5.74, 6) is -0.802. The van der Waals surface area contributed by atoms with E-state index >= 15 is 0 Å². The van der Waals surface area contributed by atoms with Crippen LogP contribution >= 0.6 is 11.6 Å². The SMILES string of the molecule is O=C(OC[C@@H](O)[C@H](O)[C@H](O)[C@H](O)CO)c1ccccc1Cl. The highest BCUT2D eigenvalue weighted by Gasteiger charge is 2.30. The molecule has 0 heterocycles. The van der Waals surface area contributed by atoms with E-state index < -0.39 is 43.6 Å². The number of carbonyl (C=O) groups excluding carboxylic acids is 1. The highest BCUT2D eigenvalue weighted by molar-refractivity contribution is 6.33. The van der Waals surface area contributed by atoms with Gasteiger partial charge in [0.05, 0.1) is 17.2 Å². The first kappa shape index (κ1) is 17.8. The van der Waals surface area contributed by atoms with Crippen LogP contribution in [0.15, 0.2) is 24.3 Å². The van der Waals surface area contributed by atoms with Gasteiger partial charge in [0, 0.05) is 0 Å². The fraction of sp³-hybridized carbons (Fsp3) is 0.462. The zero-order valence-corrected chi connectivity index (χ0v) is 11.7. The number of hydrogen-bond donors (Lipinski definition) is 5. The van der Waals surface area contributed by atoms with Crippen LogP contribution in [0.25, 0.3) is 0 Å². The predicted molar refractivity (Wildman–Crippen MR) is 72.8 cm³/mol. The minimum atomic E-state index is -1.79. The van der Waals surface area contributed by atoms with Crippen molar-refractivity contribution in [1.29, 1.82) is 0 Å². The van der Waals surface area contributed by atoms with Crippen molar-refractivity contribution in [3.63, 3.8) is 0 Å². The Morgan fingerprint density at radius 2 is 1.67 bits per heavy atom. The van der Waals surface area contributed by atoms with Crippen molar-refractivity contribution < 1.29 is 35.1 Å². The lowest BCUT2D eigenvalue weighted by Crippen LogP contribution is -2.47. The van der Waals surface area contributed by atoms with Crippen molar-refractivity contribution in [1.82, 2.24) is 0 Å². The van der Waals surface area contributed by atoms with E-state index in [1.807, 2.05) is 0 Å². The number of rotatable bonds is 7. The third kappa shape index (κ3) is 4.92. The van der Waals surface area contributed by atoms with Crippen molar-refractivity contribution in [3.05, 3.63) is 34.9 Å². The topological polar surface area (TPSA) is 127 Å². The zero-order valence-electron chi connectivity index (χ0n) is 11.0. The monoisotopic (exact) mass is 320 g/mol. The van der Waals surface area contributed by atoms with E-state index in [2.05, 4.69) is 0 Å². The van der Waals surface area contributed by atoms with Gasteiger partial charge in [-0.3, -0.25) is 0 Å². The molecule has 0 aliphatic rings. The van der Waals surface area contributed by atoms with E-state index in [0.29, 0.717) is 0 Å².